The predicted octanol–water partition coefficient (Wildman–Crippen LogP) is 3.71. The number of aryl methyl sites for hydroxylation is 2. The predicted molar refractivity (Wildman–Crippen MR) is 120 cm³/mol. The Morgan fingerprint density at radius 2 is 1.66 bits per heavy atom. The number of hydrogen-bond donors (Lipinski definition) is 0. The van der Waals surface area contributed by atoms with Gasteiger partial charge in [0.15, 0.2) is 6.61 Å². The number of hydrogen-bond acceptors (Lipinski definition) is 6. The zero-order valence-electron chi connectivity index (χ0n) is 19.4. The Labute approximate surface area is 189 Å². The van der Waals surface area contributed by atoms with E-state index in [9.17, 15) is 9.59 Å². The van der Waals surface area contributed by atoms with E-state index in [4.69, 9.17) is 4.74 Å². The number of rotatable bonds is 7. The Morgan fingerprint density at radius 3 is 2.28 bits per heavy atom. The van der Waals surface area contributed by atoms with Crippen molar-refractivity contribution >= 4 is 17.7 Å². The molecule has 8 heteroatoms. The van der Waals surface area contributed by atoms with E-state index < -0.39 is 0 Å². The molecular weight excluding hydrogens is 406 g/mol. The third kappa shape index (κ3) is 5.10. The summed E-state index contributed by atoms with van der Waals surface area (Å²) in [4.78, 5) is 36.3. The third-order valence-corrected chi connectivity index (χ3v) is 7.15. The van der Waals surface area contributed by atoms with Crippen LogP contribution in [0.25, 0.3) is 5.78 Å². The Morgan fingerprint density at radius 1 is 1.03 bits per heavy atom. The van der Waals surface area contributed by atoms with Crippen LogP contribution in [0.3, 0.4) is 0 Å². The summed E-state index contributed by atoms with van der Waals surface area (Å²) in [6.45, 7) is 3.72. The van der Waals surface area contributed by atoms with Crippen LogP contribution in [0.5, 0.6) is 0 Å². The first-order valence-electron chi connectivity index (χ1n) is 12.2. The van der Waals surface area contributed by atoms with E-state index in [2.05, 4.69) is 20.0 Å². The molecule has 0 radical (unpaired) electrons. The molecule has 8 nitrogen and oxygen atoms in total. The smallest absolute Gasteiger partial charge is 0.306 e. The van der Waals surface area contributed by atoms with Gasteiger partial charge in [0.1, 0.15) is 6.33 Å². The number of nitrogens with zero attached hydrogens (tertiary/aromatic N) is 5. The van der Waals surface area contributed by atoms with E-state index >= 15 is 0 Å². The largest absolute Gasteiger partial charge is 0.456 e. The van der Waals surface area contributed by atoms with Gasteiger partial charge in [-0.25, -0.2) is 9.50 Å². The molecule has 2 aromatic heterocycles. The van der Waals surface area contributed by atoms with Gasteiger partial charge in [-0.05, 0) is 51.5 Å². The molecule has 0 N–H and O–H groups in total. The molecule has 0 aliphatic heterocycles. The molecule has 174 valence electrons. The SMILES string of the molecule is Cc1nc2ncnn2c(C)c1CCC(=O)OCC(=O)N(C1CCCCC1)C1CCCCC1. The number of carbonyl (C=O) groups is 2. The second-order valence-corrected chi connectivity index (χ2v) is 9.28. The highest BCUT2D eigenvalue weighted by Gasteiger charge is 2.32. The van der Waals surface area contributed by atoms with Crippen molar-refractivity contribution in [3.8, 4) is 0 Å². The number of esters is 1. The summed E-state index contributed by atoms with van der Waals surface area (Å²) in [5.74, 6) is 0.195. The van der Waals surface area contributed by atoms with Gasteiger partial charge in [0.2, 0.25) is 0 Å². The number of ether oxygens (including phenoxy) is 1. The van der Waals surface area contributed by atoms with Gasteiger partial charge in [-0.1, -0.05) is 38.5 Å². The van der Waals surface area contributed by atoms with Crippen LogP contribution in [0, 0.1) is 13.8 Å². The molecule has 0 saturated heterocycles. The van der Waals surface area contributed by atoms with Gasteiger partial charge in [-0.15, -0.1) is 0 Å². The second kappa shape index (κ2) is 10.4. The summed E-state index contributed by atoms with van der Waals surface area (Å²) in [5, 5.41) is 4.19. The quantitative estimate of drug-likeness (QED) is 0.609. The van der Waals surface area contributed by atoms with Crippen molar-refractivity contribution in [1.29, 1.82) is 0 Å². The zero-order chi connectivity index (χ0) is 22.5. The van der Waals surface area contributed by atoms with E-state index in [0.29, 0.717) is 24.3 Å². The van der Waals surface area contributed by atoms with Crippen molar-refractivity contribution in [3.05, 3.63) is 23.3 Å². The maximum absolute atomic E-state index is 13.2. The minimum absolute atomic E-state index is 0.0183. The van der Waals surface area contributed by atoms with Gasteiger partial charge >= 0.3 is 5.97 Å². The van der Waals surface area contributed by atoms with Crippen molar-refractivity contribution in [3.63, 3.8) is 0 Å². The molecule has 2 aliphatic carbocycles. The average molecular weight is 442 g/mol. The molecule has 0 unspecified atom stereocenters. The molecule has 0 atom stereocenters. The van der Waals surface area contributed by atoms with Crippen LogP contribution in [0.2, 0.25) is 0 Å². The standard InChI is InChI=1S/C24H35N5O3/c1-17-21(18(2)29-24(27-17)25-16-26-29)13-14-23(31)32-15-22(30)28(19-9-5-3-6-10-19)20-11-7-4-8-12-20/h16,19-20H,3-15H2,1-2H3. The highest BCUT2D eigenvalue weighted by molar-refractivity contribution is 5.81. The lowest BCUT2D eigenvalue weighted by atomic mass is 9.88. The lowest BCUT2D eigenvalue weighted by Gasteiger charge is -2.41. The number of fused-ring (bicyclic) bond motifs is 1. The molecule has 2 saturated carbocycles. The number of carbonyl (C=O) groups excluding carboxylic acids is 2. The van der Waals surface area contributed by atoms with Gasteiger partial charge in [0, 0.05) is 29.9 Å². The summed E-state index contributed by atoms with van der Waals surface area (Å²) >= 11 is 0. The first kappa shape index (κ1) is 22.7. The molecule has 32 heavy (non-hydrogen) atoms. The van der Waals surface area contributed by atoms with E-state index in [1.165, 1.54) is 44.9 Å². The van der Waals surface area contributed by atoms with Crippen LogP contribution in [-0.4, -0.2) is 55.0 Å². The summed E-state index contributed by atoms with van der Waals surface area (Å²) in [5.41, 5.74) is 2.74. The van der Waals surface area contributed by atoms with Crippen molar-refractivity contribution in [2.45, 2.75) is 103 Å². The van der Waals surface area contributed by atoms with Crippen molar-refractivity contribution in [2.24, 2.45) is 0 Å². The van der Waals surface area contributed by atoms with Gasteiger partial charge in [-0.3, -0.25) is 9.59 Å². The Bertz CT molecular complexity index is 927. The van der Waals surface area contributed by atoms with Gasteiger partial charge in [0.05, 0.1) is 0 Å². The first-order valence-corrected chi connectivity index (χ1v) is 12.2. The van der Waals surface area contributed by atoms with Crippen molar-refractivity contribution in [2.75, 3.05) is 6.61 Å². The fourth-order valence-corrected chi connectivity index (χ4v) is 5.46. The maximum Gasteiger partial charge on any atom is 0.306 e. The second-order valence-electron chi connectivity index (χ2n) is 9.28. The normalized spacial score (nSPS) is 18.1. The Kier molecular flexibility index (Phi) is 7.37. The molecule has 2 aromatic rings. The van der Waals surface area contributed by atoms with E-state index in [1.807, 2.05) is 13.8 Å². The highest BCUT2D eigenvalue weighted by Crippen LogP contribution is 2.30. The first-order chi connectivity index (χ1) is 15.5. The highest BCUT2D eigenvalue weighted by atomic mass is 16.5. The van der Waals surface area contributed by atoms with Crippen LogP contribution in [-0.2, 0) is 20.7 Å². The molecule has 0 aromatic carbocycles. The van der Waals surface area contributed by atoms with Gasteiger partial charge < -0.3 is 9.64 Å². The lowest BCUT2D eigenvalue weighted by Crippen LogP contribution is -2.50. The summed E-state index contributed by atoms with van der Waals surface area (Å²) in [6, 6.07) is 0.618. The molecule has 4 rings (SSSR count). The average Bonchev–Trinajstić information content (AvgIpc) is 3.28. The van der Waals surface area contributed by atoms with Crippen LogP contribution >= 0.6 is 0 Å². The fraction of sp³-hybridized carbons (Fsp3) is 0.708. The van der Waals surface area contributed by atoms with Crippen molar-refractivity contribution in [1.82, 2.24) is 24.5 Å². The number of aromatic nitrogens is 4. The van der Waals surface area contributed by atoms with Gasteiger partial charge in [-0.2, -0.15) is 10.1 Å². The zero-order valence-corrected chi connectivity index (χ0v) is 19.4. The monoisotopic (exact) mass is 441 g/mol. The molecule has 1 amide bonds. The third-order valence-electron chi connectivity index (χ3n) is 7.15. The summed E-state index contributed by atoms with van der Waals surface area (Å²) in [6.07, 6.45) is 13.7. The fourth-order valence-electron chi connectivity index (χ4n) is 5.46. The van der Waals surface area contributed by atoms with Crippen LogP contribution in [0.1, 0.15) is 87.6 Å². The molecule has 0 spiro atoms. The summed E-state index contributed by atoms with van der Waals surface area (Å²) in [7, 11) is 0. The topological polar surface area (TPSA) is 89.7 Å². The van der Waals surface area contributed by atoms with Gasteiger partial charge in [0.25, 0.3) is 11.7 Å². The van der Waals surface area contributed by atoms with Crippen molar-refractivity contribution < 1.29 is 14.3 Å². The molecular formula is C24H35N5O3. The molecule has 2 heterocycles. The van der Waals surface area contributed by atoms with Crippen LogP contribution < -0.4 is 0 Å². The number of amides is 1. The van der Waals surface area contributed by atoms with Crippen LogP contribution in [0.4, 0.5) is 0 Å². The van der Waals surface area contributed by atoms with E-state index in [1.54, 1.807) is 4.52 Å². The summed E-state index contributed by atoms with van der Waals surface area (Å²) < 4.78 is 7.14. The van der Waals surface area contributed by atoms with E-state index in [0.717, 1.165) is 42.6 Å². The molecule has 2 aliphatic rings. The lowest BCUT2D eigenvalue weighted by molar-refractivity contribution is -0.155. The molecule has 2 fully saturated rings. The minimum Gasteiger partial charge on any atom is -0.456 e. The van der Waals surface area contributed by atoms with E-state index in [-0.39, 0.29) is 24.9 Å². The Hall–Kier alpha value is -2.51. The minimum atomic E-state index is -0.344. The Balaban J connectivity index is 1.34. The maximum atomic E-state index is 13.2. The molecule has 0 bridgehead atoms. The van der Waals surface area contributed by atoms with Crippen LogP contribution in [0.15, 0.2) is 6.33 Å².